The molecule has 4 aromatic carbocycles. The number of aromatic amines is 2. The number of amides is 1. The predicted molar refractivity (Wildman–Crippen MR) is 277 cm³/mol. The number of nitrogens with zero attached hydrogens (tertiary/aromatic N) is 4. The van der Waals surface area contributed by atoms with Crippen LogP contribution < -0.4 is 20.5 Å². The number of aromatic nitrogens is 2. The number of hydrogen-bond donors (Lipinski definition) is 5. The van der Waals surface area contributed by atoms with Crippen molar-refractivity contribution in [3.8, 4) is 23.0 Å². The van der Waals surface area contributed by atoms with Gasteiger partial charge in [-0.25, -0.2) is 22.4 Å². The summed E-state index contributed by atoms with van der Waals surface area (Å²) in [6.45, 7) is 14.3. The molecule has 6 heterocycles. The second-order valence-electron chi connectivity index (χ2n) is 19.8. The number of carboxylic acid groups (broad SMARTS) is 1. The van der Waals surface area contributed by atoms with Crippen molar-refractivity contribution in [3.63, 3.8) is 0 Å². The normalized spacial score (nSPS) is 18.0. The zero-order valence-electron chi connectivity index (χ0n) is 41.7. The van der Waals surface area contributed by atoms with Gasteiger partial charge < -0.3 is 55.2 Å². The van der Waals surface area contributed by atoms with Crippen LogP contribution >= 0.6 is 0 Å². The van der Waals surface area contributed by atoms with Crippen LogP contribution in [0.4, 0.5) is 17.6 Å². The van der Waals surface area contributed by atoms with E-state index in [-0.39, 0.29) is 29.1 Å². The number of aromatic carboxylic acids is 1. The molecule has 4 aliphatic rings. The lowest BCUT2D eigenvalue weighted by Crippen LogP contribution is -2.46. The van der Waals surface area contributed by atoms with Gasteiger partial charge in [-0.2, -0.15) is 0 Å². The summed E-state index contributed by atoms with van der Waals surface area (Å²) in [5.41, 5.74) is 7.64. The van der Waals surface area contributed by atoms with E-state index in [1.165, 1.54) is 123 Å². The summed E-state index contributed by atoms with van der Waals surface area (Å²) in [4.78, 5) is 40.2. The number of nitrogens with one attached hydrogen (secondary N) is 3. The Balaban J connectivity index is 0.000000162. The molecule has 4 aliphatic heterocycles. The quantitative estimate of drug-likeness (QED) is 0.0706. The fourth-order valence-corrected chi connectivity index (χ4v) is 10.1. The molecule has 0 spiro atoms. The Morgan fingerprint density at radius 2 is 0.918 bits per heavy atom. The van der Waals surface area contributed by atoms with Gasteiger partial charge in [0.2, 0.25) is 0 Å². The number of rotatable bonds is 13. The van der Waals surface area contributed by atoms with E-state index < -0.39 is 29.2 Å². The van der Waals surface area contributed by atoms with Gasteiger partial charge in [-0.05, 0) is 127 Å². The first-order valence-corrected chi connectivity index (χ1v) is 26.1. The van der Waals surface area contributed by atoms with E-state index in [1.807, 2.05) is 6.07 Å². The van der Waals surface area contributed by atoms with Crippen molar-refractivity contribution in [2.75, 3.05) is 78.5 Å². The SMILES string of the molecule is NC1CCN(CCN2CCCCCC2)CC1.O=C(NC1CCN(CCN2CCCCCC2)CC1)c1cc2c(Oc3cc(F)cc(F)c3)cccc2[nH]1.O=C(O)c1cc2c(Oc3cc(F)cc(F)c3)cccc2[nH]1. The summed E-state index contributed by atoms with van der Waals surface area (Å²) in [7, 11) is 0. The molecular formula is C56H70F4N8O5. The summed E-state index contributed by atoms with van der Waals surface area (Å²) >= 11 is 0. The molecule has 6 aromatic rings. The highest BCUT2D eigenvalue weighted by molar-refractivity contribution is 6.00. The highest BCUT2D eigenvalue weighted by Gasteiger charge is 2.24. The molecule has 4 saturated heterocycles. The van der Waals surface area contributed by atoms with Crippen LogP contribution in [0.15, 0.2) is 84.9 Å². The molecule has 0 aliphatic carbocycles. The van der Waals surface area contributed by atoms with Crippen molar-refractivity contribution in [1.82, 2.24) is 34.9 Å². The van der Waals surface area contributed by atoms with Gasteiger partial charge >= 0.3 is 5.97 Å². The first-order valence-electron chi connectivity index (χ1n) is 26.1. The summed E-state index contributed by atoms with van der Waals surface area (Å²) in [6, 6.07) is 19.9. The molecule has 0 bridgehead atoms. The molecule has 4 fully saturated rings. The number of piperidine rings is 2. The first kappa shape index (κ1) is 53.3. The molecule has 0 unspecified atom stereocenters. The predicted octanol–water partition coefficient (Wildman–Crippen LogP) is 10.5. The van der Waals surface area contributed by atoms with Crippen LogP contribution in [0.1, 0.15) is 98.0 Å². The Morgan fingerprint density at radius 3 is 1.34 bits per heavy atom. The van der Waals surface area contributed by atoms with Gasteiger partial charge in [0, 0.05) is 110 Å². The van der Waals surface area contributed by atoms with Gasteiger partial charge in [0.05, 0.1) is 0 Å². The number of nitrogens with two attached hydrogens (primary N) is 1. The molecule has 73 heavy (non-hydrogen) atoms. The van der Waals surface area contributed by atoms with Crippen LogP contribution in [-0.2, 0) is 0 Å². The minimum Gasteiger partial charge on any atom is -0.477 e. The largest absolute Gasteiger partial charge is 0.477 e. The monoisotopic (exact) mass is 1010 g/mol. The Bertz CT molecular complexity index is 2680. The lowest BCUT2D eigenvalue weighted by atomic mass is 10.0. The Kier molecular flexibility index (Phi) is 19.2. The smallest absolute Gasteiger partial charge is 0.352 e. The fraction of sp³-hybridized carbons (Fsp3) is 0.464. The van der Waals surface area contributed by atoms with E-state index in [2.05, 4.69) is 34.9 Å². The molecule has 1 amide bonds. The van der Waals surface area contributed by atoms with Gasteiger partial charge in [0.15, 0.2) is 0 Å². The van der Waals surface area contributed by atoms with E-state index >= 15 is 0 Å². The Labute approximate surface area is 425 Å². The van der Waals surface area contributed by atoms with Gasteiger partial charge in [-0.1, -0.05) is 37.8 Å². The van der Waals surface area contributed by atoms with Gasteiger partial charge in [-0.15, -0.1) is 0 Å². The summed E-state index contributed by atoms with van der Waals surface area (Å²) in [6.07, 6.45) is 15.3. The van der Waals surface area contributed by atoms with Crippen molar-refractivity contribution in [2.45, 2.75) is 89.1 Å². The standard InChI is InChI=1S/C28H34F2N4O2.C15H9F2NO3.C13H27N3/c29-20-16-21(30)18-23(17-20)36-27-7-5-6-25-24(27)19-26(32-25)28(35)31-22-8-12-34(13-9-22)15-14-33-10-3-1-2-4-11-33;16-8-4-9(17)6-10(5-8)21-14-3-1-2-12-11(14)7-13(18-12)15(19)20;14-13-5-9-16(10-6-13)12-11-15-7-3-1-2-4-8-15/h5-7,16-19,22,32H,1-4,8-15H2,(H,31,35);1-7,18H,(H,19,20);13H,1-12,14H2. The van der Waals surface area contributed by atoms with Crippen molar-refractivity contribution in [2.24, 2.45) is 5.73 Å². The van der Waals surface area contributed by atoms with Crippen molar-refractivity contribution in [3.05, 3.63) is 120 Å². The van der Waals surface area contributed by atoms with Crippen LogP contribution in [0.5, 0.6) is 23.0 Å². The number of carbonyl (C=O) groups excluding carboxylic acids is 1. The third kappa shape index (κ3) is 16.0. The molecule has 10 rings (SSSR count). The number of ether oxygens (including phenoxy) is 2. The molecule has 0 atom stereocenters. The summed E-state index contributed by atoms with van der Waals surface area (Å²) in [5, 5.41) is 13.3. The van der Waals surface area contributed by atoms with Crippen LogP contribution in [0.25, 0.3) is 21.8 Å². The maximum absolute atomic E-state index is 13.6. The van der Waals surface area contributed by atoms with Crippen molar-refractivity contribution < 1.29 is 41.7 Å². The number of benzene rings is 4. The molecule has 2 aromatic heterocycles. The highest BCUT2D eigenvalue weighted by atomic mass is 19.1. The highest BCUT2D eigenvalue weighted by Crippen LogP contribution is 2.33. The Morgan fingerprint density at radius 1 is 0.534 bits per heavy atom. The van der Waals surface area contributed by atoms with E-state index in [9.17, 15) is 27.2 Å². The van der Waals surface area contributed by atoms with Crippen molar-refractivity contribution >= 4 is 33.7 Å². The van der Waals surface area contributed by atoms with E-state index in [0.29, 0.717) is 39.5 Å². The van der Waals surface area contributed by atoms with E-state index in [4.69, 9.17) is 20.3 Å². The molecule has 0 radical (unpaired) electrons. The average molecular weight is 1010 g/mol. The second kappa shape index (κ2) is 26.3. The number of carboxylic acids is 1. The summed E-state index contributed by atoms with van der Waals surface area (Å²) < 4.78 is 64.6. The number of fused-ring (bicyclic) bond motifs is 2. The summed E-state index contributed by atoms with van der Waals surface area (Å²) in [5.74, 6) is -3.39. The molecule has 13 nitrogen and oxygen atoms in total. The lowest BCUT2D eigenvalue weighted by Gasteiger charge is -2.33. The first-order chi connectivity index (χ1) is 35.4. The van der Waals surface area contributed by atoms with E-state index in [1.54, 1.807) is 36.4 Å². The zero-order chi connectivity index (χ0) is 51.1. The van der Waals surface area contributed by atoms with Crippen LogP contribution in [-0.4, -0.2) is 137 Å². The van der Waals surface area contributed by atoms with Gasteiger partial charge in [-0.3, -0.25) is 4.79 Å². The number of H-pyrrole nitrogens is 2. The maximum atomic E-state index is 13.6. The van der Waals surface area contributed by atoms with Gasteiger partial charge in [0.25, 0.3) is 5.91 Å². The topological polar surface area (TPSA) is 155 Å². The molecule has 0 saturated carbocycles. The lowest BCUT2D eigenvalue weighted by molar-refractivity contribution is 0.0691. The third-order valence-corrected chi connectivity index (χ3v) is 14.3. The molecule has 392 valence electrons. The second-order valence-corrected chi connectivity index (χ2v) is 19.8. The molecule has 6 N–H and O–H groups in total. The third-order valence-electron chi connectivity index (χ3n) is 14.3. The number of hydrogen-bond acceptors (Lipinski definition) is 9. The average Bonchev–Trinajstić information content (AvgIpc) is 3.81. The van der Waals surface area contributed by atoms with Crippen LogP contribution in [0, 0.1) is 23.3 Å². The maximum Gasteiger partial charge on any atom is 0.352 e. The number of halogens is 4. The van der Waals surface area contributed by atoms with Crippen LogP contribution in [0.2, 0.25) is 0 Å². The molecular weight excluding hydrogens is 941 g/mol. The fourth-order valence-electron chi connectivity index (χ4n) is 10.1. The Hall–Kier alpha value is -5.98. The van der Waals surface area contributed by atoms with Crippen LogP contribution in [0.3, 0.4) is 0 Å². The van der Waals surface area contributed by atoms with Gasteiger partial charge in [0.1, 0.15) is 57.7 Å². The minimum atomic E-state index is -1.10. The zero-order valence-corrected chi connectivity index (χ0v) is 41.7. The number of likely N-dealkylation sites (tertiary alicyclic amines) is 4. The number of carbonyl (C=O) groups is 2. The van der Waals surface area contributed by atoms with E-state index in [0.717, 1.165) is 80.9 Å². The minimum absolute atomic E-state index is 0.00178. The molecule has 17 heteroatoms. The van der Waals surface area contributed by atoms with Crippen molar-refractivity contribution in [1.29, 1.82) is 0 Å².